The lowest BCUT2D eigenvalue weighted by Crippen LogP contribution is -2.26. The molecular weight excluding hydrogens is 433 g/mol. The van der Waals surface area contributed by atoms with Gasteiger partial charge in [0.15, 0.2) is 7.14 Å². The van der Waals surface area contributed by atoms with E-state index >= 15 is 0 Å². The highest BCUT2D eigenvalue weighted by Gasteiger charge is 2.31. The number of aryl methyl sites for hydroxylation is 1. The van der Waals surface area contributed by atoms with Crippen LogP contribution in [0.4, 0.5) is 0 Å². The molecule has 0 saturated carbocycles. The maximum absolute atomic E-state index is 14.9. The second-order valence-corrected chi connectivity index (χ2v) is 11.4. The van der Waals surface area contributed by atoms with Gasteiger partial charge in [0.05, 0.1) is 11.0 Å². The Morgan fingerprint density at radius 2 is 1.03 bits per heavy atom. The quantitative estimate of drug-likeness (QED) is 0.269. The fourth-order valence-electron chi connectivity index (χ4n) is 5.04. The van der Waals surface area contributed by atoms with Crippen molar-refractivity contribution in [3.8, 4) is 5.69 Å². The fourth-order valence-corrected chi connectivity index (χ4v) is 7.92. The van der Waals surface area contributed by atoms with Crippen LogP contribution in [0.1, 0.15) is 5.56 Å². The summed E-state index contributed by atoms with van der Waals surface area (Å²) in [4.78, 5) is 0. The van der Waals surface area contributed by atoms with Crippen molar-refractivity contribution in [3.63, 3.8) is 0 Å². The van der Waals surface area contributed by atoms with Crippen molar-refractivity contribution in [2.75, 3.05) is 0 Å². The highest BCUT2D eigenvalue weighted by atomic mass is 31.2. The maximum Gasteiger partial charge on any atom is 0.171 e. The summed E-state index contributed by atoms with van der Waals surface area (Å²) in [5.41, 5.74) is 4.44. The minimum Gasteiger partial charge on any atom is -0.309 e. The fraction of sp³-hybridized carbons (Fsp3) is 0.0323. The van der Waals surface area contributed by atoms with Gasteiger partial charge in [0.2, 0.25) is 0 Å². The zero-order valence-corrected chi connectivity index (χ0v) is 19.8. The Bertz CT molecular complexity index is 1590. The molecule has 0 radical (unpaired) electrons. The third-order valence-electron chi connectivity index (χ3n) is 6.60. The summed E-state index contributed by atoms with van der Waals surface area (Å²) in [6.45, 7) is 2.07. The highest BCUT2D eigenvalue weighted by molar-refractivity contribution is 7.85. The van der Waals surface area contributed by atoms with Crippen molar-refractivity contribution in [2.45, 2.75) is 6.92 Å². The molecule has 34 heavy (non-hydrogen) atoms. The predicted molar refractivity (Wildman–Crippen MR) is 145 cm³/mol. The van der Waals surface area contributed by atoms with Gasteiger partial charge in [-0.1, -0.05) is 97.1 Å². The van der Waals surface area contributed by atoms with Gasteiger partial charge in [-0.15, -0.1) is 0 Å². The molecule has 0 amide bonds. The molecule has 6 aromatic rings. The lowest BCUT2D eigenvalue weighted by atomic mass is 10.2. The number of hydrogen-bond acceptors (Lipinski definition) is 1. The van der Waals surface area contributed by atoms with E-state index in [-0.39, 0.29) is 0 Å². The van der Waals surface area contributed by atoms with E-state index in [9.17, 15) is 4.57 Å². The topological polar surface area (TPSA) is 22.0 Å². The molecule has 0 saturated heterocycles. The zero-order valence-electron chi connectivity index (χ0n) is 18.9. The van der Waals surface area contributed by atoms with Crippen molar-refractivity contribution in [3.05, 3.63) is 133 Å². The summed E-state index contributed by atoms with van der Waals surface area (Å²) in [6.07, 6.45) is 0. The molecule has 0 atom stereocenters. The van der Waals surface area contributed by atoms with Crippen LogP contribution in [0.5, 0.6) is 0 Å². The van der Waals surface area contributed by atoms with E-state index in [1.54, 1.807) is 0 Å². The number of aromatic nitrogens is 1. The molecule has 5 aromatic carbocycles. The SMILES string of the molecule is Cc1cc(-n2c3ccccc3c3ccccc32)ccc1P(=O)(c1ccccc1)c1ccccc1. The lowest BCUT2D eigenvalue weighted by molar-refractivity contribution is 0.592. The van der Waals surface area contributed by atoms with Gasteiger partial charge >= 0.3 is 0 Å². The highest BCUT2D eigenvalue weighted by Crippen LogP contribution is 2.43. The largest absolute Gasteiger partial charge is 0.309 e. The number of hydrogen-bond donors (Lipinski definition) is 0. The second kappa shape index (κ2) is 8.17. The van der Waals surface area contributed by atoms with Gasteiger partial charge in [-0.05, 0) is 42.8 Å². The van der Waals surface area contributed by atoms with Crippen LogP contribution in [-0.4, -0.2) is 4.57 Å². The van der Waals surface area contributed by atoms with Gasteiger partial charge in [0.25, 0.3) is 0 Å². The monoisotopic (exact) mass is 457 g/mol. The van der Waals surface area contributed by atoms with Crippen LogP contribution in [0.25, 0.3) is 27.5 Å². The zero-order chi connectivity index (χ0) is 23.1. The standard InChI is InChI=1S/C31H24NOP/c1-23-22-24(32-29-18-10-8-16-27(29)28-17-9-11-19-30(28)32)20-21-31(23)34(33,25-12-4-2-5-13-25)26-14-6-3-7-15-26/h2-22H,1H3. The van der Waals surface area contributed by atoms with Crippen LogP contribution in [0.15, 0.2) is 127 Å². The van der Waals surface area contributed by atoms with Gasteiger partial charge < -0.3 is 9.13 Å². The Morgan fingerprint density at radius 1 is 0.559 bits per heavy atom. The Balaban J connectivity index is 1.59. The molecule has 2 nitrogen and oxygen atoms in total. The first-order valence-electron chi connectivity index (χ1n) is 11.5. The average molecular weight is 458 g/mol. The van der Waals surface area contributed by atoms with E-state index in [1.165, 1.54) is 21.8 Å². The summed E-state index contributed by atoms with van der Waals surface area (Å²) in [7, 11) is -3.02. The number of fused-ring (bicyclic) bond motifs is 3. The Kier molecular flexibility index (Phi) is 4.98. The first-order valence-corrected chi connectivity index (χ1v) is 13.2. The van der Waals surface area contributed by atoms with Gasteiger partial charge in [0, 0.05) is 32.4 Å². The molecule has 0 aliphatic carbocycles. The van der Waals surface area contributed by atoms with Crippen LogP contribution in [0.3, 0.4) is 0 Å². The van der Waals surface area contributed by atoms with E-state index in [0.717, 1.165) is 27.2 Å². The van der Waals surface area contributed by atoms with Crippen LogP contribution >= 0.6 is 7.14 Å². The summed E-state index contributed by atoms with van der Waals surface area (Å²) in [5.74, 6) is 0. The van der Waals surface area contributed by atoms with Crippen LogP contribution < -0.4 is 15.9 Å². The van der Waals surface area contributed by atoms with E-state index in [2.05, 4.69) is 78.2 Å². The van der Waals surface area contributed by atoms with Gasteiger partial charge in [0.1, 0.15) is 0 Å². The molecule has 0 unspecified atom stereocenters. The molecule has 0 fully saturated rings. The third-order valence-corrected chi connectivity index (χ3v) is 9.83. The molecule has 6 rings (SSSR count). The molecule has 0 aliphatic heterocycles. The number of para-hydroxylation sites is 2. The molecule has 164 valence electrons. The molecule has 3 heteroatoms. The van der Waals surface area contributed by atoms with Gasteiger partial charge in [-0.3, -0.25) is 0 Å². The smallest absolute Gasteiger partial charge is 0.171 e. The normalized spacial score (nSPS) is 11.8. The Hall–Kier alpha value is -3.87. The molecular formula is C31H24NOP. The number of nitrogens with zero attached hydrogens (tertiary/aromatic N) is 1. The first-order chi connectivity index (χ1) is 16.7. The van der Waals surface area contributed by atoms with E-state index in [0.29, 0.717) is 0 Å². The summed E-state index contributed by atoms with van der Waals surface area (Å²) < 4.78 is 17.2. The maximum atomic E-state index is 14.9. The van der Waals surface area contributed by atoms with Gasteiger partial charge in [-0.25, -0.2) is 0 Å². The Morgan fingerprint density at radius 3 is 1.53 bits per heavy atom. The minimum absolute atomic E-state index is 0.855. The molecule has 1 aromatic heterocycles. The van der Waals surface area contributed by atoms with Crippen molar-refractivity contribution in [1.82, 2.24) is 4.57 Å². The van der Waals surface area contributed by atoms with Gasteiger partial charge in [-0.2, -0.15) is 0 Å². The summed E-state index contributed by atoms with van der Waals surface area (Å²) in [5, 5.41) is 5.07. The molecule has 0 aliphatic rings. The van der Waals surface area contributed by atoms with Crippen molar-refractivity contribution in [2.24, 2.45) is 0 Å². The molecule has 0 bridgehead atoms. The predicted octanol–water partition coefficient (Wildman–Crippen LogP) is 6.73. The summed E-state index contributed by atoms with van der Waals surface area (Å²) in [6, 6.07) is 43.1. The van der Waals surface area contributed by atoms with E-state index in [4.69, 9.17) is 0 Å². The van der Waals surface area contributed by atoms with Crippen LogP contribution in [0, 0.1) is 6.92 Å². The number of rotatable bonds is 4. The van der Waals surface area contributed by atoms with Crippen molar-refractivity contribution < 1.29 is 4.57 Å². The van der Waals surface area contributed by atoms with E-state index < -0.39 is 7.14 Å². The number of benzene rings is 5. The molecule has 0 N–H and O–H groups in total. The van der Waals surface area contributed by atoms with E-state index in [1.807, 2.05) is 60.7 Å². The second-order valence-electron chi connectivity index (χ2n) is 8.62. The first kappa shape index (κ1) is 20.7. The van der Waals surface area contributed by atoms with Crippen LogP contribution in [0.2, 0.25) is 0 Å². The molecule has 1 heterocycles. The van der Waals surface area contributed by atoms with Crippen LogP contribution in [-0.2, 0) is 4.57 Å². The lowest BCUT2D eigenvalue weighted by Gasteiger charge is -2.22. The summed E-state index contributed by atoms with van der Waals surface area (Å²) >= 11 is 0. The third kappa shape index (κ3) is 3.15. The van der Waals surface area contributed by atoms with Crippen molar-refractivity contribution in [1.29, 1.82) is 0 Å². The Labute approximate surface area is 199 Å². The molecule has 0 spiro atoms. The minimum atomic E-state index is -3.02. The van der Waals surface area contributed by atoms with Crippen molar-refractivity contribution >= 4 is 44.9 Å². The average Bonchev–Trinajstić information content (AvgIpc) is 3.24.